The number of halogens is 2. The lowest BCUT2D eigenvalue weighted by Gasteiger charge is -2.21. The molecular weight excluding hydrogens is 533 g/mol. The standard InChI is InChI=1S/C24H15Cl2NO2S4/c25-15-6-8-30-21(15)17-10-13-19(32-17)20-14(11-18(33-20)22-16(26)7-9-31-22)24(29)27(23(13)28)12-4-2-1-3-5-12/h1-11,17-20H. The van der Waals surface area contributed by atoms with Crippen LogP contribution in [0.1, 0.15) is 20.3 Å². The van der Waals surface area contributed by atoms with E-state index in [1.165, 1.54) is 4.90 Å². The fourth-order valence-corrected chi connectivity index (χ4v) is 10.6. The van der Waals surface area contributed by atoms with Crippen molar-refractivity contribution in [2.24, 2.45) is 0 Å². The maximum Gasteiger partial charge on any atom is 0.262 e. The molecule has 2 amide bonds. The molecule has 1 fully saturated rings. The molecule has 2 aromatic heterocycles. The van der Waals surface area contributed by atoms with Gasteiger partial charge in [-0.05, 0) is 35.0 Å². The number of hydrogen-bond acceptors (Lipinski definition) is 6. The lowest BCUT2D eigenvalue weighted by atomic mass is 10.0. The predicted molar refractivity (Wildman–Crippen MR) is 142 cm³/mol. The number of amides is 2. The van der Waals surface area contributed by atoms with Gasteiger partial charge in [0.25, 0.3) is 11.8 Å². The topological polar surface area (TPSA) is 37.4 Å². The third-order valence-corrected chi connectivity index (χ3v) is 12.2. The number of carbonyl (C=O) groups excluding carboxylic acids is 2. The first kappa shape index (κ1) is 22.0. The first-order chi connectivity index (χ1) is 16.0. The number of benzene rings is 1. The summed E-state index contributed by atoms with van der Waals surface area (Å²) >= 11 is 19.5. The minimum Gasteiger partial charge on any atom is -0.269 e. The van der Waals surface area contributed by atoms with Crippen molar-refractivity contribution in [3.05, 3.63) is 96.3 Å². The fourth-order valence-electron chi connectivity index (χ4n) is 4.37. The van der Waals surface area contributed by atoms with Crippen molar-refractivity contribution in [1.82, 2.24) is 0 Å². The molecule has 9 heteroatoms. The molecule has 0 saturated carbocycles. The number of anilines is 1. The van der Waals surface area contributed by atoms with Crippen molar-refractivity contribution in [3.63, 3.8) is 0 Å². The van der Waals surface area contributed by atoms with Crippen LogP contribution < -0.4 is 4.90 Å². The maximum absolute atomic E-state index is 13.8. The van der Waals surface area contributed by atoms with Crippen LogP contribution in [0.15, 0.2) is 76.5 Å². The van der Waals surface area contributed by atoms with Gasteiger partial charge in [0.2, 0.25) is 0 Å². The average molecular weight is 549 g/mol. The molecular formula is C24H15Cl2NO2S4. The van der Waals surface area contributed by atoms with E-state index in [-0.39, 0.29) is 32.8 Å². The zero-order valence-corrected chi connectivity index (χ0v) is 21.6. The van der Waals surface area contributed by atoms with Crippen LogP contribution in [-0.2, 0) is 9.59 Å². The molecule has 166 valence electrons. The predicted octanol–water partition coefficient (Wildman–Crippen LogP) is 7.56. The zero-order chi connectivity index (χ0) is 22.7. The Balaban J connectivity index is 1.47. The van der Waals surface area contributed by atoms with E-state index in [2.05, 4.69) is 0 Å². The number of hydrogen-bond donors (Lipinski definition) is 0. The Morgan fingerprint density at radius 3 is 1.61 bits per heavy atom. The summed E-state index contributed by atoms with van der Waals surface area (Å²) in [6.45, 7) is 0. The molecule has 0 N–H and O–H groups in total. The van der Waals surface area contributed by atoms with Gasteiger partial charge in [0.1, 0.15) is 0 Å². The Bertz CT molecular complexity index is 1250. The molecule has 0 bridgehead atoms. The smallest absolute Gasteiger partial charge is 0.262 e. The van der Waals surface area contributed by atoms with Crippen molar-refractivity contribution in [2.45, 2.75) is 21.0 Å². The number of carbonyl (C=O) groups is 2. The first-order valence-electron chi connectivity index (χ1n) is 10.2. The Hall–Kier alpha value is -1.48. The van der Waals surface area contributed by atoms with Crippen LogP contribution in [0.3, 0.4) is 0 Å². The highest BCUT2D eigenvalue weighted by atomic mass is 35.5. The summed E-state index contributed by atoms with van der Waals surface area (Å²) < 4.78 is 0. The van der Waals surface area contributed by atoms with Crippen LogP contribution in [0, 0.1) is 0 Å². The van der Waals surface area contributed by atoms with Gasteiger partial charge in [0, 0.05) is 20.9 Å². The molecule has 6 rings (SSSR count). The second kappa shape index (κ2) is 8.63. The van der Waals surface area contributed by atoms with Gasteiger partial charge in [-0.1, -0.05) is 53.6 Å². The highest BCUT2D eigenvalue weighted by Gasteiger charge is 2.50. The molecule has 3 aromatic rings. The van der Waals surface area contributed by atoms with Crippen LogP contribution in [0.25, 0.3) is 0 Å². The van der Waals surface area contributed by atoms with Crippen LogP contribution in [-0.4, -0.2) is 22.3 Å². The lowest BCUT2D eigenvalue weighted by molar-refractivity contribution is -0.122. The van der Waals surface area contributed by atoms with Gasteiger partial charge >= 0.3 is 0 Å². The number of nitrogens with zero attached hydrogens (tertiary/aromatic N) is 1. The monoisotopic (exact) mass is 547 g/mol. The van der Waals surface area contributed by atoms with E-state index in [1.54, 1.807) is 58.3 Å². The van der Waals surface area contributed by atoms with Crippen molar-refractivity contribution in [3.8, 4) is 0 Å². The van der Waals surface area contributed by atoms with Gasteiger partial charge in [-0.3, -0.25) is 9.59 Å². The summed E-state index contributed by atoms with van der Waals surface area (Å²) in [7, 11) is 0. The summed E-state index contributed by atoms with van der Waals surface area (Å²) in [4.78, 5) is 31.0. The summed E-state index contributed by atoms with van der Waals surface area (Å²) in [6.07, 6.45) is 4.01. The fraction of sp³-hybridized carbons (Fsp3) is 0.167. The van der Waals surface area contributed by atoms with E-state index in [0.29, 0.717) is 26.9 Å². The highest BCUT2D eigenvalue weighted by Crippen LogP contribution is 2.58. The molecule has 1 saturated heterocycles. The minimum atomic E-state index is -0.250. The number of fused-ring (bicyclic) bond motifs is 3. The molecule has 3 aliphatic rings. The van der Waals surface area contributed by atoms with Crippen molar-refractivity contribution >= 4 is 86.9 Å². The molecule has 0 spiro atoms. The molecule has 4 unspecified atom stereocenters. The van der Waals surface area contributed by atoms with E-state index < -0.39 is 0 Å². The van der Waals surface area contributed by atoms with Crippen LogP contribution in [0.5, 0.6) is 0 Å². The van der Waals surface area contributed by atoms with E-state index in [0.717, 1.165) is 9.75 Å². The highest BCUT2D eigenvalue weighted by molar-refractivity contribution is 8.05. The van der Waals surface area contributed by atoms with Crippen LogP contribution in [0.2, 0.25) is 10.0 Å². The summed E-state index contributed by atoms with van der Waals surface area (Å²) in [5.74, 6) is -0.499. The van der Waals surface area contributed by atoms with E-state index in [9.17, 15) is 9.59 Å². The second-order valence-corrected chi connectivity index (χ2v) is 13.0. The normalized spacial score (nSPS) is 26.7. The molecule has 0 radical (unpaired) electrons. The van der Waals surface area contributed by atoms with Crippen molar-refractivity contribution in [1.29, 1.82) is 0 Å². The number of thioether (sulfide) groups is 2. The molecule has 5 heterocycles. The quantitative estimate of drug-likeness (QED) is 0.317. The van der Waals surface area contributed by atoms with Gasteiger partial charge in [-0.15, -0.1) is 46.2 Å². The second-order valence-electron chi connectivity index (χ2n) is 7.75. The van der Waals surface area contributed by atoms with Crippen LogP contribution >= 0.6 is 69.4 Å². The maximum atomic E-state index is 13.8. The van der Waals surface area contributed by atoms with Crippen LogP contribution in [0.4, 0.5) is 5.69 Å². The van der Waals surface area contributed by atoms with E-state index >= 15 is 0 Å². The molecule has 33 heavy (non-hydrogen) atoms. The van der Waals surface area contributed by atoms with Gasteiger partial charge in [0.15, 0.2) is 0 Å². The summed E-state index contributed by atoms with van der Waals surface area (Å²) in [5.41, 5.74) is 1.93. The minimum absolute atomic E-state index is 0.0153. The number of rotatable bonds is 3. The third kappa shape index (κ3) is 3.65. The lowest BCUT2D eigenvalue weighted by Crippen LogP contribution is -2.37. The third-order valence-electron chi connectivity index (χ3n) is 5.86. The molecule has 1 aromatic carbocycles. The molecule has 3 aliphatic heterocycles. The van der Waals surface area contributed by atoms with Crippen molar-refractivity contribution in [2.75, 3.05) is 4.90 Å². The van der Waals surface area contributed by atoms with Crippen molar-refractivity contribution < 1.29 is 9.59 Å². The Morgan fingerprint density at radius 2 is 1.18 bits per heavy atom. The number of para-hydroxylation sites is 1. The summed E-state index contributed by atoms with van der Waals surface area (Å²) in [5, 5.41) is 5.06. The molecule has 0 aliphatic carbocycles. The SMILES string of the molecule is O=C1C2=CC(c3sccc3Cl)SC2C2SC(c3sccc3Cl)C=C2C(=O)N1c1ccccc1. The van der Waals surface area contributed by atoms with E-state index in [1.807, 2.05) is 53.2 Å². The summed E-state index contributed by atoms with van der Waals surface area (Å²) in [6, 6.07) is 12.9. The van der Waals surface area contributed by atoms with Gasteiger partial charge < -0.3 is 0 Å². The molecule has 4 atom stereocenters. The zero-order valence-electron chi connectivity index (χ0n) is 16.8. The molecule has 3 nitrogen and oxygen atoms in total. The number of imide groups is 1. The Morgan fingerprint density at radius 1 is 0.697 bits per heavy atom. The average Bonchev–Trinajstić information content (AvgIpc) is 3.59. The van der Waals surface area contributed by atoms with E-state index in [4.69, 9.17) is 23.2 Å². The number of thiophene rings is 2. The van der Waals surface area contributed by atoms with Gasteiger partial charge in [-0.2, -0.15) is 0 Å². The largest absolute Gasteiger partial charge is 0.269 e. The Kier molecular flexibility index (Phi) is 5.76. The van der Waals surface area contributed by atoms with Gasteiger partial charge in [0.05, 0.1) is 36.7 Å². The van der Waals surface area contributed by atoms with Gasteiger partial charge in [-0.25, -0.2) is 4.90 Å². The Labute approximate surface area is 217 Å². The first-order valence-corrected chi connectivity index (χ1v) is 14.6.